The van der Waals surface area contributed by atoms with Gasteiger partial charge in [0.15, 0.2) is 5.96 Å². The first-order valence-electron chi connectivity index (χ1n) is 10.5. The Labute approximate surface area is 168 Å². The zero-order valence-corrected chi connectivity index (χ0v) is 17.6. The van der Waals surface area contributed by atoms with Gasteiger partial charge in [0, 0.05) is 56.4 Å². The van der Waals surface area contributed by atoms with E-state index in [0.29, 0.717) is 5.92 Å². The second-order valence-electron chi connectivity index (χ2n) is 7.78. The molecule has 6 nitrogen and oxygen atoms in total. The molecule has 0 radical (unpaired) electrons. The summed E-state index contributed by atoms with van der Waals surface area (Å²) in [7, 11) is 0. The molecule has 28 heavy (non-hydrogen) atoms. The first-order chi connectivity index (χ1) is 13.7. The number of aromatic amines is 1. The number of rotatable bonds is 8. The van der Waals surface area contributed by atoms with Gasteiger partial charge in [-0.2, -0.15) is 0 Å². The van der Waals surface area contributed by atoms with E-state index in [9.17, 15) is 0 Å². The maximum Gasteiger partial charge on any atom is 0.191 e. The first-order valence-corrected chi connectivity index (χ1v) is 10.5. The van der Waals surface area contributed by atoms with Gasteiger partial charge in [0.25, 0.3) is 0 Å². The van der Waals surface area contributed by atoms with Crippen LogP contribution in [0.3, 0.4) is 0 Å². The first kappa shape index (κ1) is 20.7. The van der Waals surface area contributed by atoms with Crippen molar-refractivity contribution >= 4 is 16.9 Å². The van der Waals surface area contributed by atoms with Crippen molar-refractivity contribution in [3.05, 3.63) is 35.5 Å². The molecule has 154 valence electrons. The molecule has 6 heteroatoms. The van der Waals surface area contributed by atoms with Crippen molar-refractivity contribution in [1.29, 1.82) is 0 Å². The monoisotopic (exact) mass is 385 g/mol. The third kappa shape index (κ3) is 5.97. The van der Waals surface area contributed by atoms with Gasteiger partial charge in [-0.15, -0.1) is 0 Å². The number of aromatic nitrogens is 1. The van der Waals surface area contributed by atoms with Crippen molar-refractivity contribution in [3.8, 4) is 0 Å². The van der Waals surface area contributed by atoms with Gasteiger partial charge in [-0.25, -0.2) is 0 Å². The van der Waals surface area contributed by atoms with E-state index in [-0.39, 0.29) is 0 Å². The van der Waals surface area contributed by atoms with Crippen LogP contribution in [0.15, 0.2) is 29.4 Å². The predicted molar refractivity (Wildman–Crippen MR) is 117 cm³/mol. The van der Waals surface area contributed by atoms with Gasteiger partial charge in [0.05, 0.1) is 13.2 Å². The zero-order valence-electron chi connectivity index (χ0n) is 17.6. The van der Waals surface area contributed by atoms with Crippen molar-refractivity contribution in [2.75, 3.05) is 52.5 Å². The summed E-state index contributed by atoms with van der Waals surface area (Å²) in [6.07, 6.45) is 3.09. The number of nitrogens with one attached hydrogen (secondary N) is 3. The molecule has 1 unspecified atom stereocenters. The Morgan fingerprint density at radius 3 is 2.89 bits per heavy atom. The molecular weight excluding hydrogens is 350 g/mol. The lowest BCUT2D eigenvalue weighted by atomic mass is 10.1. The predicted octanol–water partition coefficient (Wildman–Crippen LogP) is 2.54. The Balaban J connectivity index is 1.48. The number of hydrogen-bond acceptors (Lipinski definition) is 3. The largest absolute Gasteiger partial charge is 0.379 e. The SMILES string of the molecule is CCNC(=NCC(C)CN1CCOCC1)NCCc1c[nH]c2cc(C)ccc12. The molecule has 1 fully saturated rings. The summed E-state index contributed by atoms with van der Waals surface area (Å²) in [6.45, 7) is 13.9. The number of aryl methyl sites for hydroxylation is 1. The Hall–Kier alpha value is -2.05. The topological polar surface area (TPSA) is 64.7 Å². The summed E-state index contributed by atoms with van der Waals surface area (Å²) in [5.74, 6) is 1.44. The fourth-order valence-corrected chi connectivity index (χ4v) is 3.69. The van der Waals surface area contributed by atoms with Crippen molar-refractivity contribution in [3.63, 3.8) is 0 Å². The molecule has 1 aliphatic heterocycles. The Morgan fingerprint density at radius 2 is 2.11 bits per heavy atom. The fourth-order valence-electron chi connectivity index (χ4n) is 3.69. The smallest absolute Gasteiger partial charge is 0.191 e. The minimum absolute atomic E-state index is 0.533. The molecule has 1 aromatic carbocycles. The van der Waals surface area contributed by atoms with Gasteiger partial charge >= 0.3 is 0 Å². The number of hydrogen-bond donors (Lipinski definition) is 3. The van der Waals surface area contributed by atoms with E-state index in [0.717, 1.165) is 64.9 Å². The number of H-pyrrole nitrogens is 1. The molecule has 1 saturated heterocycles. The van der Waals surface area contributed by atoms with Crippen molar-refractivity contribution in [2.45, 2.75) is 27.2 Å². The van der Waals surface area contributed by atoms with E-state index in [1.54, 1.807) is 0 Å². The van der Waals surface area contributed by atoms with E-state index in [1.807, 2.05) is 0 Å². The summed E-state index contributed by atoms with van der Waals surface area (Å²) < 4.78 is 5.43. The van der Waals surface area contributed by atoms with Crippen molar-refractivity contribution in [2.24, 2.45) is 10.9 Å². The highest BCUT2D eigenvalue weighted by atomic mass is 16.5. The normalized spacial score (nSPS) is 17.0. The number of benzene rings is 1. The Morgan fingerprint density at radius 1 is 1.29 bits per heavy atom. The molecule has 1 aliphatic rings. The van der Waals surface area contributed by atoms with Gasteiger partial charge in [0.1, 0.15) is 0 Å². The van der Waals surface area contributed by atoms with Crippen LogP contribution in [0.2, 0.25) is 0 Å². The summed E-state index contributed by atoms with van der Waals surface area (Å²) in [6, 6.07) is 6.59. The number of aliphatic imine (C=N–C) groups is 1. The Kier molecular flexibility index (Phi) is 7.74. The number of morpholine rings is 1. The average molecular weight is 386 g/mol. The fraction of sp³-hybridized carbons (Fsp3) is 0.591. The molecule has 0 saturated carbocycles. The van der Waals surface area contributed by atoms with E-state index in [1.165, 1.54) is 22.0 Å². The second kappa shape index (κ2) is 10.5. The van der Waals surface area contributed by atoms with Crippen LogP contribution >= 0.6 is 0 Å². The second-order valence-corrected chi connectivity index (χ2v) is 7.78. The third-order valence-electron chi connectivity index (χ3n) is 5.19. The van der Waals surface area contributed by atoms with Crippen LogP contribution < -0.4 is 10.6 Å². The molecule has 0 spiro atoms. The van der Waals surface area contributed by atoms with Gasteiger partial charge in [-0.05, 0) is 43.4 Å². The number of fused-ring (bicyclic) bond motifs is 1. The quantitative estimate of drug-likeness (QED) is 0.483. The van der Waals surface area contributed by atoms with E-state index < -0.39 is 0 Å². The molecule has 0 amide bonds. The highest BCUT2D eigenvalue weighted by Crippen LogP contribution is 2.19. The van der Waals surface area contributed by atoms with Crippen LogP contribution in [0, 0.1) is 12.8 Å². The van der Waals surface area contributed by atoms with Crippen molar-refractivity contribution < 1.29 is 4.74 Å². The summed E-state index contributed by atoms with van der Waals surface area (Å²) in [5.41, 5.74) is 3.85. The zero-order chi connectivity index (χ0) is 19.8. The van der Waals surface area contributed by atoms with E-state index in [2.05, 4.69) is 65.7 Å². The third-order valence-corrected chi connectivity index (χ3v) is 5.19. The minimum Gasteiger partial charge on any atom is -0.379 e. The van der Waals surface area contributed by atoms with E-state index >= 15 is 0 Å². The molecule has 1 atom stereocenters. The lowest BCUT2D eigenvalue weighted by molar-refractivity contribution is 0.0323. The van der Waals surface area contributed by atoms with Crippen LogP contribution in [0.25, 0.3) is 10.9 Å². The van der Waals surface area contributed by atoms with Gasteiger partial charge < -0.3 is 20.4 Å². The lowest BCUT2D eigenvalue weighted by Gasteiger charge is -2.28. The maximum atomic E-state index is 5.43. The number of guanidine groups is 1. The van der Waals surface area contributed by atoms with Crippen LogP contribution in [0.5, 0.6) is 0 Å². The molecule has 0 aliphatic carbocycles. The highest BCUT2D eigenvalue weighted by Gasteiger charge is 2.13. The van der Waals surface area contributed by atoms with Crippen LogP contribution in [-0.2, 0) is 11.2 Å². The van der Waals surface area contributed by atoms with Crippen LogP contribution in [-0.4, -0.2) is 68.3 Å². The molecular formula is C22H35N5O. The van der Waals surface area contributed by atoms with Crippen LogP contribution in [0.4, 0.5) is 0 Å². The summed E-state index contributed by atoms with van der Waals surface area (Å²) in [4.78, 5) is 10.7. The number of ether oxygens (including phenoxy) is 1. The standard InChI is InChI=1S/C22H35N5O/c1-4-23-22(26-14-18(3)16-27-9-11-28-12-10-27)24-8-7-19-15-25-21-13-17(2)5-6-20(19)21/h5-6,13,15,18,25H,4,7-12,14,16H2,1-3H3,(H2,23,24,26). The molecule has 2 aromatic rings. The molecule has 0 bridgehead atoms. The van der Waals surface area contributed by atoms with E-state index in [4.69, 9.17) is 9.73 Å². The molecule has 3 rings (SSSR count). The molecule has 3 N–H and O–H groups in total. The van der Waals surface area contributed by atoms with Crippen LogP contribution in [0.1, 0.15) is 25.0 Å². The molecule has 1 aromatic heterocycles. The maximum absolute atomic E-state index is 5.43. The van der Waals surface area contributed by atoms with Gasteiger partial charge in [-0.3, -0.25) is 9.89 Å². The highest BCUT2D eigenvalue weighted by molar-refractivity contribution is 5.84. The lowest BCUT2D eigenvalue weighted by Crippen LogP contribution is -2.40. The van der Waals surface area contributed by atoms with Gasteiger partial charge in [0.2, 0.25) is 0 Å². The number of nitrogens with zero attached hydrogens (tertiary/aromatic N) is 2. The summed E-state index contributed by atoms with van der Waals surface area (Å²) >= 11 is 0. The molecule has 2 heterocycles. The Bertz CT molecular complexity index is 763. The average Bonchev–Trinajstić information content (AvgIpc) is 3.09. The minimum atomic E-state index is 0.533. The summed E-state index contributed by atoms with van der Waals surface area (Å²) in [5, 5.41) is 8.16. The van der Waals surface area contributed by atoms with Gasteiger partial charge in [-0.1, -0.05) is 19.1 Å². The van der Waals surface area contributed by atoms with Crippen molar-refractivity contribution in [1.82, 2.24) is 20.5 Å².